The number of anilines is 3. The molecule has 2 aliphatic heterocycles. The average Bonchev–Trinajstić information content (AvgIpc) is 3.76. The van der Waals surface area contributed by atoms with Crippen LogP contribution in [0.15, 0.2) is 90.2 Å². The van der Waals surface area contributed by atoms with Crippen molar-refractivity contribution in [3.8, 4) is 22.6 Å². The number of hydrogen-bond donors (Lipinski definition) is 3. The summed E-state index contributed by atoms with van der Waals surface area (Å²) in [5, 5.41) is 5.82. The maximum atomic E-state index is 13.3. The number of methoxy groups -OCH3 is 1. The summed E-state index contributed by atoms with van der Waals surface area (Å²) in [7, 11) is 5.17. The number of nitrogens with zero attached hydrogens (tertiary/aromatic N) is 4. The molecule has 0 spiro atoms. The van der Waals surface area contributed by atoms with Gasteiger partial charge >= 0.3 is 0 Å². The van der Waals surface area contributed by atoms with Gasteiger partial charge < -0.3 is 39.9 Å². The van der Waals surface area contributed by atoms with Gasteiger partial charge in [-0.05, 0) is 92.1 Å². The minimum absolute atomic E-state index is 0.0195. The van der Waals surface area contributed by atoms with Gasteiger partial charge in [-0.1, -0.05) is 24.3 Å². The van der Waals surface area contributed by atoms with Crippen molar-refractivity contribution in [2.45, 2.75) is 57.4 Å². The Hall–Kier alpha value is -6.63. The minimum Gasteiger partial charge on any atom is -0.493 e. The molecule has 300 valence electrons. The number of amides is 3. The third-order valence-electron chi connectivity index (χ3n) is 10.6. The lowest BCUT2D eigenvalue weighted by atomic mass is 10.0. The van der Waals surface area contributed by atoms with Crippen LogP contribution in [0.2, 0.25) is 0 Å². The van der Waals surface area contributed by atoms with Gasteiger partial charge in [0.15, 0.2) is 17.3 Å². The smallest absolute Gasteiger partial charge is 0.272 e. The van der Waals surface area contributed by atoms with Gasteiger partial charge in [0, 0.05) is 75.1 Å². The molecule has 13 nitrogen and oxygen atoms in total. The summed E-state index contributed by atoms with van der Waals surface area (Å²) < 4.78 is 15.1. The molecule has 0 bridgehead atoms. The number of aryl methyl sites for hydroxylation is 2. The fourth-order valence-corrected chi connectivity index (χ4v) is 7.47. The number of ether oxygens (including phenoxy) is 2. The first kappa shape index (κ1) is 39.6. The molecule has 2 aromatic heterocycles. The maximum absolute atomic E-state index is 13.3. The van der Waals surface area contributed by atoms with Crippen LogP contribution in [0.5, 0.6) is 11.5 Å². The normalized spacial score (nSPS) is 14.6. The summed E-state index contributed by atoms with van der Waals surface area (Å²) in [5.74, 6) is 0.576. The van der Waals surface area contributed by atoms with E-state index in [9.17, 15) is 19.2 Å². The standard InChI is InChI=1S/C45H49N7O6/c1-50-27-31(22-39(50)44(55)49-33-17-15-32(46)16-18-33)30-13-11-29(12-14-30)21-40(53)38-23-34(28-51(38)2)48-43(54)10-5-4-8-20-58-42-25-37-36(24-41(42)57-3)45(56)52-19-7-6-9-35(52)26-47-37/h11-18,22-28,35H,4-10,19-21,46H2,1-3H3,(H,48,54)(H,49,55)/t35-/m0/s1. The zero-order valence-electron chi connectivity index (χ0n) is 33.1. The van der Waals surface area contributed by atoms with E-state index in [2.05, 4.69) is 15.6 Å². The average molecular weight is 784 g/mol. The van der Waals surface area contributed by atoms with Crippen LogP contribution in [0.25, 0.3) is 11.1 Å². The van der Waals surface area contributed by atoms with Crippen LogP contribution in [0.3, 0.4) is 0 Å². The van der Waals surface area contributed by atoms with E-state index in [1.54, 1.807) is 72.0 Å². The Morgan fingerprint density at radius 2 is 1.60 bits per heavy atom. The SMILES string of the molecule is COc1cc2c(cc1OCCCCCC(=O)Nc1cc(C(=O)Cc3ccc(-c4cc(C(=O)Nc5ccc(N)cc5)n(C)c4)cc3)n(C)c1)N=C[C@@H]1CCCCN1C2=O. The van der Waals surface area contributed by atoms with Gasteiger partial charge in [-0.2, -0.15) is 0 Å². The molecule has 1 atom stereocenters. The highest BCUT2D eigenvalue weighted by atomic mass is 16.5. The highest BCUT2D eigenvalue weighted by molar-refractivity contribution is 6.05. The number of nitrogens with one attached hydrogen (secondary N) is 2. The van der Waals surface area contributed by atoms with E-state index in [0.717, 1.165) is 55.3 Å². The topological polar surface area (TPSA) is 162 Å². The van der Waals surface area contributed by atoms with Crippen LogP contribution < -0.4 is 25.8 Å². The van der Waals surface area contributed by atoms with Gasteiger partial charge in [0.25, 0.3) is 11.8 Å². The largest absolute Gasteiger partial charge is 0.493 e. The van der Waals surface area contributed by atoms with Crippen LogP contribution in [-0.2, 0) is 25.3 Å². The number of carbonyl (C=O) groups is 4. The molecule has 4 heterocycles. The number of nitrogens with two attached hydrogens (primary N) is 1. The molecule has 3 aromatic carbocycles. The van der Waals surface area contributed by atoms with E-state index in [-0.39, 0.29) is 36.0 Å². The number of ketones is 1. The van der Waals surface area contributed by atoms with Crippen LogP contribution in [0.4, 0.5) is 22.7 Å². The first-order chi connectivity index (χ1) is 28.1. The van der Waals surface area contributed by atoms with Crippen LogP contribution >= 0.6 is 0 Å². The van der Waals surface area contributed by atoms with E-state index in [1.807, 2.05) is 54.7 Å². The van der Waals surface area contributed by atoms with Crippen molar-refractivity contribution in [1.29, 1.82) is 0 Å². The lowest BCUT2D eigenvalue weighted by Gasteiger charge is -2.32. The second-order valence-corrected chi connectivity index (χ2v) is 14.9. The predicted molar refractivity (Wildman–Crippen MR) is 226 cm³/mol. The molecule has 4 N–H and O–H groups in total. The number of Topliss-reactive ketones (excluding diaryl/α,β-unsaturated/α-hetero) is 1. The highest BCUT2D eigenvalue weighted by Gasteiger charge is 2.31. The molecule has 3 amide bonds. The van der Waals surface area contributed by atoms with Crippen molar-refractivity contribution in [3.05, 3.63) is 108 Å². The molecule has 0 aliphatic carbocycles. The summed E-state index contributed by atoms with van der Waals surface area (Å²) in [6, 6.07) is 21.7. The molecule has 0 radical (unpaired) electrons. The molecule has 1 fully saturated rings. The fraction of sp³-hybridized carbons (Fsp3) is 0.311. The van der Waals surface area contributed by atoms with Crippen molar-refractivity contribution >= 4 is 52.5 Å². The molecule has 5 aromatic rings. The number of hydrogen-bond acceptors (Lipinski definition) is 8. The van der Waals surface area contributed by atoms with E-state index >= 15 is 0 Å². The molecule has 0 unspecified atom stereocenters. The Kier molecular flexibility index (Phi) is 12.1. The van der Waals surface area contributed by atoms with Crippen LogP contribution in [0.1, 0.15) is 81.8 Å². The second kappa shape index (κ2) is 17.7. The summed E-state index contributed by atoms with van der Waals surface area (Å²) >= 11 is 0. The lowest BCUT2D eigenvalue weighted by Crippen LogP contribution is -2.43. The third-order valence-corrected chi connectivity index (χ3v) is 10.6. The van der Waals surface area contributed by atoms with E-state index < -0.39 is 0 Å². The summed E-state index contributed by atoms with van der Waals surface area (Å²) in [5.41, 5.74) is 12.4. The number of aliphatic imine (C=N–C) groups is 1. The summed E-state index contributed by atoms with van der Waals surface area (Å²) in [6.45, 7) is 1.15. The Bertz CT molecular complexity index is 2340. The molecular weight excluding hydrogens is 735 g/mol. The zero-order chi connectivity index (χ0) is 40.8. The third kappa shape index (κ3) is 9.15. The monoisotopic (exact) mass is 783 g/mol. The number of fused-ring (bicyclic) bond motifs is 2. The number of carbonyl (C=O) groups excluding carboxylic acids is 4. The van der Waals surface area contributed by atoms with Crippen LogP contribution in [0, 0.1) is 0 Å². The van der Waals surface area contributed by atoms with E-state index in [0.29, 0.717) is 70.6 Å². The van der Waals surface area contributed by atoms with Crippen molar-refractivity contribution < 1.29 is 28.7 Å². The first-order valence-electron chi connectivity index (χ1n) is 19.7. The molecule has 1 saturated heterocycles. The fourth-order valence-electron chi connectivity index (χ4n) is 7.47. The van der Waals surface area contributed by atoms with Gasteiger partial charge in [0.05, 0.1) is 42.4 Å². The van der Waals surface area contributed by atoms with E-state index in [4.69, 9.17) is 15.2 Å². The summed E-state index contributed by atoms with van der Waals surface area (Å²) in [6.07, 6.45) is 11.2. The summed E-state index contributed by atoms with van der Waals surface area (Å²) in [4.78, 5) is 58.8. The Morgan fingerprint density at radius 3 is 2.38 bits per heavy atom. The van der Waals surface area contributed by atoms with Gasteiger partial charge in [-0.25, -0.2) is 0 Å². The lowest BCUT2D eigenvalue weighted by molar-refractivity contribution is -0.116. The Balaban J connectivity index is 0.853. The predicted octanol–water partition coefficient (Wildman–Crippen LogP) is 7.59. The minimum atomic E-state index is -0.230. The molecule has 58 heavy (non-hydrogen) atoms. The van der Waals surface area contributed by atoms with Crippen LogP contribution in [-0.4, -0.2) is 70.1 Å². The number of nitrogen functional groups attached to an aromatic ring is 1. The highest BCUT2D eigenvalue weighted by Crippen LogP contribution is 2.38. The van der Waals surface area contributed by atoms with Crippen molar-refractivity contribution in [2.75, 3.05) is 36.6 Å². The van der Waals surface area contributed by atoms with E-state index in [1.165, 1.54) is 0 Å². The Morgan fingerprint density at radius 1 is 0.828 bits per heavy atom. The number of unbranched alkanes of at least 4 members (excludes halogenated alkanes) is 2. The van der Waals surface area contributed by atoms with Gasteiger partial charge in [-0.3, -0.25) is 24.2 Å². The molecule has 2 aliphatic rings. The zero-order valence-corrected chi connectivity index (χ0v) is 33.1. The molecule has 7 rings (SSSR count). The quantitative estimate of drug-likeness (QED) is 0.0560. The number of benzene rings is 3. The molecular formula is C45H49N7O6. The van der Waals surface area contributed by atoms with Crippen molar-refractivity contribution in [1.82, 2.24) is 14.0 Å². The van der Waals surface area contributed by atoms with Gasteiger partial charge in [0.1, 0.15) is 5.69 Å². The number of piperidine rings is 1. The first-order valence-corrected chi connectivity index (χ1v) is 19.7. The maximum Gasteiger partial charge on any atom is 0.272 e. The van der Waals surface area contributed by atoms with Crippen molar-refractivity contribution in [2.24, 2.45) is 19.1 Å². The second-order valence-electron chi connectivity index (χ2n) is 14.9. The molecule has 0 saturated carbocycles. The van der Waals surface area contributed by atoms with Crippen molar-refractivity contribution in [3.63, 3.8) is 0 Å². The van der Waals surface area contributed by atoms with Gasteiger partial charge in [-0.15, -0.1) is 0 Å². The Labute approximate surface area is 337 Å². The number of aromatic nitrogens is 2. The number of rotatable bonds is 15. The van der Waals surface area contributed by atoms with Gasteiger partial charge in [0.2, 0.25) is 5.91 Å². The molecule has 13 heteroatoms.